The Morgan fingerprint density at radius 1 is 0.391 bits per heavy atom. The molecule has 0 bridgehead atoms. The van der Waals surface area contributed by atoms with Gasteiger partial charge in [0.05, 0.1) is 25.4 Å². The summed E-state index contributed by atoms with van der Waals surface area (Å²) in [6, 6.07) is -0.540. The SMILES string of the molecule is CCCCCCCC/C=C\CCCCCCCC(=O)OCCCCCCCCCCCCCC/C=C\CCCCCCCCCCCCCC(=O)NC(CO)C(O)CCCCCCCCCCCC. The molecule has 0 rings (SSSR count). The van der Waals surface area contributed by atoms with E-state index in [1.54, 1.807) is 0 Å². The van der Waals surface area contributed by atoms with Crippen LogP contribution in [0.2, 0.25) is 0 Å². The fraction of sp³-hybridized carbons (Fsp3) is 0.905. The third-order valence-corrected chi connectivity index (χ3v) is 14.5. The van der Waals surface area contributed by atoms with E-state index in [-0.39, 0.29) is 18.5 Å². The van der Waals surface area contributed by atoms with Gasteiger partial charge in [-0.15, -0.1) is 0 Å². The molecule has 0 aromatic heterocycles. The van der Waals surface area contributed by atoms with Gasteiger partial charge in [0.15, 0.2) is 0 Å². The molecule has 69 heavy (non-hydrogen) atoms. The second-order valence-electron chi connectivity index (χ2n) is 21.4. The second-order valence-corrected chi connectivity index (χ2v) is 21.4. The summed E-state index contributed by atoms with van der Waals surface area (Å²) in [7, 11) is 0. The number of aliphatic hydroxyl groups is 2. The molecule has 0 spiro atoms. The zero-order valence-electron chi connectivity index (χ0n) is 46.6. The first-order valence-electron chi connectivity index (χ1n) is 31.1. The van der Waals surface area contributed by atoms with Crippen LogP contribution in [0, 0.1) is 0 Å². The zero-order chi connectivity index (χ0) is 50.0. The molecule has 3 N–H and O–H groups in total. The lowest BCUT2D eigenvalue weighted by atomic mass is 10.0. The Hall–Kier alpha value is -1.66. The molecule has 0 aliphatic carbocycles. The summed E-state index contributed by atoms with van der Waals surface area (Å²) in [4.78, 5) is 24.5. The van der Waals surface area contributed by atoms with Gasteiger partial charge in [-0.05, 0) is 77.0 Å². The molecule has 0 aromatic rings. The van der Waals surface area contributed by atoms with Crippen molar-refractivity contribution in [2.24, 2.45) is 0 Å². The van der Waals surface area contributed by atoms with Gasteiger partial charge in [-0.1, -0.05) is 276 Å². The Morgan fingerprint density at radius 2 is 0.681 bits per heavy atom. The number of rotatable bonds is 58. The lowest BCUT2D eigenvalue weighted by Gasteiger charge is -2.22. The number of hydrogen-bond acceptors (Lipinski definition) is 5. The first kappa shape index (κ1) is 67.3. The quantitative estimate of drug-likeness (QED) is 0.0321. The Morgan fingerprint density at radius 3 is 1.03 bits per heavy atom. The number of unbranched alkanes of at least 4 members (excludes halogenated alkanes) is 43. The lowest BCUT2D eigenvalue weighted by Crippen LogP contribution is -2.45. The molecule has 0 aliphatic rings. The summed E-state index contributed by atoms with van der Waals surface area (Å²) in [6.07, 6.45) is 72.0. The van der Waals surface area contributed by atoms with Crippen LogP contribution in [-0.4, -0.2) is 47.4 Å². The van der Waals surface area contributed by atoms with Crippen molar-refractivity contribution in [3.63, 3.8) is 0 Å². The Kier molecular flexibility index (Phi) is 57.5. The van der Waals surface area contributed by atoms with E-state index in [4.69, 9.17) is 4.74 Å². The summed E-state index contributed by atoms with van der Waals surface area (Å²) in [6.45, 7) is 4.94. The van der Waals surface area contributed by atoms with Crippen LogP contribution >= 0.6 is 0 Å². The molecule has 0 radical (unpaired) electrons. The normalized spacial score (nSPS) is 12.7. The van der Waals surface area contributed by atoms with Crippen LogP contribution in [0.25, 0.3) is 0 Å². The van der Waals surface area contributed by atoms with Gasteiger partial charge in [0.2, 0.25) is 5.91 Å². The average Bonchev–Trinajstić information content (AvgIpc) is 3.35. The summed E-state index contributed by atoms with van der Waals surface area (Å²) in [5, 5.41) is 23.2. The standard InChI is InChI=1S/C63H121NO5/c1-3-5-7-9-11-13-15-16-30-34-37-41-45-49-53-57-63(68)69-58-54-50-46-42-38-35-32-29-27-25-23-21-19-17-18-20-22-24-26-28-31-33-36-40-44-48-52-56-62(67)64-60(59-65)61(66)55-51-47-43-39-14-12-10-8-6-4-2/h16-18,30,60-61,65-66H,3-15,19-29,31-59H2,1-2H3,(H,64,67)/b18-17-,30-16-. The number of allylic oxidation sites excluding steroid dienone is 4. The summed E-state index contributed by atoms with van der Waals surface area (Å²) >= 11 is 0. The van der Waals surface area contributed by atoms with E-state index >= 15 is 0 Å². The monoisotopic (exact) mass is 972 g/mol. The van der Waals surface area contributed by atoms with E-state index in [0.717, 1.165) is 44.9 Å². The van der Waals surface area contributed by atoms with Crippen LogP contribution in [0.15, 0.2) is 24.3 Å². The van der Waals surface area contributed by atoms with Gasteiger partial charge in [-0.3, -0.25) is 9.59 Å². The maximum atomic E-state index is 12.4. The van der Waals surface area contributed by atoms with Crippen LogP contribution in [-0.2, 0) is 14.3 Å². The van der Waals surface area contributed by atoms with E-state index in [0.29, 0.717) is 25.9 Å². The van der Waals surface area contributed by atoms with Crippen molar-refractivity contribution in [1.82, 2.24) is 5.32 Å². The van der Waals surface area contributed by atoms with Gasteiger partial charge in [-0.2, -0.15) is 0 Å². The number of esters is 1. The number of aliphatic hydroxyl groups excluding tert-OH is 2. The molecular formula is C63H121NO5. The minimum absolute atomic E-state index is 0.00733. The molecule has 0 aromatic carbocycles. The summed E-state index contributed by atoms with van der Waals surface area (Å²) in [5.74, 6) is -0.0292. The first-order valence-corrected chi connectivity index (χ1v) is 31.1. The van der Waals surface area contributed by atoms with E-state index < -0.39 is 12.1 Å². The summed E-state index contributed by atoms with van der Waals surface area (Å²) in [5.41, 5.74) is 0. The molecule has 1 amide bonds. The average molecular weight is 973 g/mol. The van der Waals surface area contributed by atoms with Crippen LogP contribution in [0.4, 0.5) is 0 Å². The highest BCUT2D eigenvalue weighted by atomic mass is 16.5. The molecular weight excluding hydrogens is 851 g/mol. The Labute approximate surface area is 431 Å². The molecule has 0 aliphatic heterocycles. The molecule has 408 valence electrons. The third-order valence-electron chi connectivity index (χ3n) is 14.5. The van der Waals surface area contributed by atoms with Gasteiger partial charge in [0.1, 0.15) is 0 Å². The lowest BCUT2D eigenvalue weighted by molar-refractivity contribution is -0.143. The maximum absolute atomic E-state index is 12.4. The Bertz CT molecular complexity index is 1080. The first-order chi connectivity index (χ1) is 34.0. The number of nitrogens with one attached hydrogen (secondary N) is 1. The van der Waals surface area contributed by atoms with Crippen LogP contribution in [0.1, 0.15) is 341 Å². The topological polar surface area (TPSA) is 95.9 Å². The van der Waals surface area contributed by atoms with Crippen molar-refractivity contribution in [2.45, 2.75) is 353 Å². The second kappa shape index (κ2) is 58.9. The zero-order valence-corrected chi connectivity index (χ0v) is 46.6. The smallest absolute Gasteiger partial charge is 0.305 e. The summed E-state index contributed by atoms with van der Waals surface area (Å²) < 4.78 is 5.48. The van der Waals surface area contributed by atoms with Crippen LogP contribution in [0.3, 0.4) is 0 Å². The fourth-order valence-electron chi connectivity index (χ4n) is 9.69. The molecule has 6 nitrogen and oxygen atoms in total. The van der Waals surface area contributed by atoms with E-state index in [2.05, 4.69) is 43.5 Å². The molecule has 6 heteroatoms. The van der Waals surface area contributed by atoms with Crippen molar-refractivity contribution >= 4 is 11.9 Å². The van der Waals surface area contributed by atoms with Crippen LogP contribution < -0.4 is 5.32 Å². The number of hydrogen-bond donors (Lipinski definition) is 3. The molecule has 0 saturated heterocycles. The van der Waals surface area contributed by atoms with Crippen molar-refractivity contribution in [1.29, 1.82) is 0 Å². The number of carbonyl (C=O) groups excluding carboxylic acids is 2. The van der Waals surface area contributed by atoms with Gasteiger partial charge < -0.3 is 20.3 Å². The maximum Gasteiger partial charge on any atom is 0.305 e. The number of carbonyl (C=O) groups is 2. The Balaban J connectivity index is 3.35. The largest absolute Gasteiger partial charge is 0.466 e. The van der Waals surface area contributed by atoms with Crippen LogP contribution in [0.5, 0.6) is 0 Å². The highest BCUT2D eigenvalue weighted by Crippen LogP contribution is 2.17. The molecule has 2 unspecified atom stereocenters. The van der Waals surface area contributed by atoms with Crippen molar-refractivity contribution in [3.8, 4) is 0 Å². The van der Waals surface area contributed by atoms with Crippen molar-refractivity contribution in [3.05, 3.63) is 24.3 Å². The van der Waals surface area contributed by atoms with Gasteiger partial charge >= 0.3 is 5.97 Å². The van der Waals surface area contributed by atoms with E-state index in [1.807, 2.05) is 0 Å². The molecule has 0 saturated carbocycles. The van der Waals surface area contributed by atoms with Crippen molar-refractivity contribution < 1.29 is 24.5 Å². The molecule has 0 heterocycles. The number of amides is 1. The number of ether oxygens (including phenoxy) is 1. The van der Waals surface area contributed by atoms with Crippen molar-refractivity contribution in [2.75, 3.05) is 13.2 Å². The predicted octanol–water partition coefficient (Wildman–Crippen LogP) is 19.4. The predicted molar refractivity (Wildman–Crippen MR) is 301 cm³/mol. The third kappa shape index (κ3) is 55.5. The minimum atomic E-state index is -0.662. The minimum Gasteiger partial charge on any atom is -0.466 e. The van der Waals surface area contributed by atoms with Gasteiger partial charge in [0.25, 0.3) is 0 Å². The van der Waals surface area contributed by atoms with Gasteiger partial charge in [-0.25, -0.2) is 0 Å². The molecule has 2 atom stereocenters. The highest BCUT2D eigenvalue weighted by Gasteiger charge is 2.20. The molecule has 0 fully saturated rings. The van der Waals surface area contributed by atoms with E-state index in [1.165, 1.54) is 263 Å². The van der Waals surface area contributed by atoms with Gasteiger partial charge in [0, 0.05) is 12.8 Å². The fourth-order valence-corrected chi connectivity index (χ4v) is 9.69. The van der Waals surface area contributed by atoms with E-state index in [9.17, 15) is 19.8 Å². The highest BCUT2D eigenvalue weighted by molar-refractivity contribution is 5.76.